The van der Waals surface area contributed by atoms with Crippen LogP contribution in [0.1, 0.15) is 108 Å². The van der Waals surface area contributed by atoms with Crippen LogP contribution in [-0.4, -0.2) is 207 Å². The lowest BCUT2D eigenvalue weighted by atomic mass is 9.99. The molecule has 13 amide bonds. The van der Waals surface area contributed by atoms with Crippen LogP contribution in [0.5, 0.6) is 5.75 Å². The highest BCUT2D eigenvalue weighted by molar-refractivity contribution is 8.76. The van der Waals surface area contributed by atoms with Gasteiger partial charge in [0.15, 0.2) is 5.96 Å². The number of carboxylic acid groups (broad SMARTS) is 1. The van der Waals surface area contributed by atoms with Crippen LogP contribution < -0.4 is 81.8 Å². The second-order valence-electron chi connectivity index (χ2n) is 26.2. The third-order valence-corrected chi connectivity index (χ3v) is 20.3. The number of aromatic nitrogens is 1. The van der Waals surface area contributed by atoms with Crippen LogP contribution in [0.2, 0.25) is 5.02 Å². The number of nitrogens with zero attached hydrogens (tertiary/aromatic N) is 2. The van der Waals surface area contributed by atoms with Crippen molar-refractivity contribution in [3.63, 3.8) is 0 Å². The van der Waals surface area contributed by atoms with Crippen molar-refractivity contribution in [2.75, 3.05) is 37.7 Å². The van der Waals surface area contributed by atoms with Gasteiger partial charge < -0.3 is 102 Å². The minimum absolute atomic E-state index is 0.0117. The molecule has 0 radical (unpaired) electrons. The van der Waals surface area contributed by atoms with Crippen LogP contribution in [0.3, 0.4) is 0 Å². The summed E-state index contributed by atoms with van der Waals surface area (Å²) in [5.74, 6) is -18.2. The maximum Gasteiger partial charge on any atom is 0.303 e. The zero-order chi connectivity index (χ0) is 79.3. The molecule has 34 nitrogen and oxygen atoms in total. The van der Waals surface area contributed by atoms with Crippen molar-refractivity contribution < 1.29 is 86.1 Å². The standard InChI is InChI=1S/C69H93ClF2N18O16S2/c1-35(2)59-68(106)86-49(28-37-7-5-10-43(70)58(37)72)65(103)83-45(11-6-25-79-69(76)77)61(99)78-26-23-54(93)81-46(18-20-53(74)92)62(100)85-50(29-38-31-80-44-17-14-39(71)30-42(38)44)66(104)84-47(19-21-57(96)97)63(101)87-51(60(75)98)33-107-108-34-52(67(105)89-59)88-64(102)48(27-36-12-15-41(91)16-13-36)82-55(94)32-90(56(95)22-24-73)40-8-3-4-9-40/h5,7,10,12-17,30-31,35,40,45-52,59,80,91H,3-4,6,8-9,11,18-29,32-34,73H2,1-2H3,(H2,74,92)(H2,75,98)(H,78,99)(H,81,93)(H,82,94)(H,83,103)(H,84,104)(H,85,100)(H,86,106)(H,87,101)(H,88,102)(H,89,105)(H,96,97)(H4,76,77,79)/t45-,46+,47-,48-,49-,50-,51-,52-,59-/m0/s1. The predicted octanol–water partition coefficient (Wildman–Crippen LogP) is -1.46. The summed E-state index contributed by atoms with van der Waals surface area (Å²) in [6, 6.07) is -2.32. The van der Waals surface area contributed by atoms with Crippen LogP contribution in [0, 0.1) is 17.6 Å². The van der Waals surface area contributed by atoms with Crippen molar-refractivity contribution >= 4 is 133 Å². The van der Waals surface area contributed by atoms with Crippen molar-refractivity contribution in [2.24, 2.45) is 39.6 Å². The third-order valence-electron chi connectivity index (χ3n) is 17.6. The average molecular weight is 1570 g/mol. The maximum absolute atomic E-state index is 15.9. The van der Waals surface area contributed by atoms with Crippen molar-refractivity contribution in [2.45, 2.75) is 171 Å². The Morgan fingerprint density at radius 1 is 0.704 bits per heavy atom. The Morgan fingerprint density at radius 3 is 1.95 bits per heavy atom. The number of hydrogen-bond acceptors (Lipinski definition) is 19. The maximum atomic E-state index is 15.9. The quantitative estimate of drug-likeness (QED) is 0.0148. The number of phenolic OH excluding ortho intramolecular Hbond substituents is 1. The molecule has 23 N–H and O–H groups in total. The fraction of sp³-hybridized carbons (Fsp3) is 0.493. The van der Waals surface area contributed by atoms with Gasteiger partial charge in [0.1, 0.15) is 71.8 Å². The number of benzene rings is 3. The molecule has 1 aromatic heterocycles. The Morgan fingerprint density at radius 2 is 1.31 bits per heavy atom. The normalized spacial score (nSPS) is 21.2. The van der Waals surface area contributed by atoms with Crippen LogP contribution in [0.4, 0.5) is 8.78 Å². The number of carboxylic acids is 1. The predicted molar refractivity (Wildman–Crippen MR) is 396 cm³/mol. The Hall–Kier alpha value is -10.3. The zero-order valence-electron chi connectivity index (χ0n) is 59.4. The van der Waals surface area contributed by atoms with E-state index in [9.17, 15) is 76.9 Å². The summed E-state index contributed by atoms with van der Waals surface area (Å²) < 4.78 is 30.7. The highest BCUT2D eigenvalue weighted by Crippen LogP contribution is 2.27. The first kappa shape index (κ1) is 86.6. The lowest BCUT2D eigenvalue weighted by molar-refractivity contribution is -0.139. The molecular weight excluding hydrogens is 1470 g/mol. The Labute approximate surface area is 632 Å². The molecule has 588 valence electrons. The molecule has 6 rings (SSSR count). The number of phenols is 1. The molecule has 108 heavy (non-hydrogen) atoms. The molecule has 1 aliphatic heterocycles. The second-order valence-corrected chi connectivity index (χ2v) is 29.2. The van der Waals surface area contributed by atoms with E-state index in [1.807, 2.05) is 0 Å². The first-order valence-corrected chi connectivity index (χ1v) is 37.7. The number of nitrogens with one attached hydrogen (secondary N) is 11. The van der Waals surface area contributed by atoms with Gasteiger partial charge in [-0.15, -0.1) is 0 Å². The minimum atomic E-state index is -1.82. The summed E-state index contributed by atoms with van der Waals surface area (Å²) >= 11 is 6.19. The number of nitrogens with two attached hydrogens (primary N) is 5. The van der Waals surface area contributed by atoms with Crippen molar-refractivity contribution in [3.8, 4) is 5.75 Å². The molecule has 2 fully saturated rings. The minimum Gasteiger partial charge on any atom is -0.508 e. The number of halogens is 3. The summed E-state index contributed by atoms with van der Waals surface area (Å²) in [6.45, 7) is 1.92. The largest absolute Gasteiger partial charge is 0.508 e. The number of guanidine groups is 1. The molecule has 0 bridgehead atoms. The van der Waals surface area contributed by atoms with Crippen LogP contribution in [0.15, 0.2) is 71.9 Å². The first-order valence-electron chi connectivity index (χ1n) is 34.8. The molecule has 1 saturated carbocycles. The summed E-state index contributed by atoms with van der Waals surface area (Å²) in [7, 11) is 1.60. The molecule has 0 unspecified atom stereocenters. The molecule has 1 aliphatic carbocycles. The SMILES string of the molecule is CC(C)[C@@H]1NC(=O)[C@@H](NC(=O)[C@H](Cc2ccc(O)cc2)NC(=O)CN(C(=O)CCN)C2CCCC2)CSSC[C@@H](C(N)=O)NC(=O)[C@H](CCC(=O)O)NC(=O)[C@H](Cc2c[nH]c3ccc(F)cc23)NC(=O)[C@@H](CCC(N)=O)NC(=O)CCNC(=O)[C@H](CCCN=C(N)N)NC(=O)[C@H](Cc2cccc(Cl)c2F)NC1=O. The molecule has 39 heteroatoms. The number of carbonyl (C=O) groups excluding carboxylic acids is 13. The lowest BCUT2D eigenvalue weighted by Gasteiger charge is -2.30. The Kier molecular flexibility index (Phi) is 34.4. The number of amides is 13. The number of fused-ring (bicyclic) bond motifs is 1. The summed E-state index contributed by atoms with van der Waals surface area (Å²) in [6.07, 6.45) is -0.529. The van der Waals surface area contributed by atoms with E-state index in [1.54, 1.807) is 0 Å². The van der Waals surface area contributed by atoms with Crippen LogP contribution >= 0.6 is 33.2 Å². The smallest absolute Gasteiger partial charge is 0.303 e. The van der Waals surface area contributed by atoms with Gasteiger partial charge >= 0.3 is 5.97 Å². The Bertz CT molecular complexity index is 3920. The van der Waals surface area contributed by atoms with Crippen LogP contribution in [0.25, 0.3) is 10.9 Å². The molecule has 9 atom stereocenters. The third kappa shape index (κ3) is 27.8. The van der Waals surface area contributed by atoms with Gasteiger partial charge in [0.25, 0.3) is 0 Å². The topological polar surface area (TPSA) is 561 Å². The van der Waals surface area contributed by atoms with Gasteiger partial charge in [-0.05, 0) is 97.5 Å². The summed E-state index contributed by atoms with van der Waals surface area (Å²) in [4.78, 5) is 205. The second kappa shape index (κ2) is 42.9. The molecule has 3 aromatic carbocycles. The molecular formula is C69H93ClF2N18O16S2. The van der Waals surface area contributed by atoms with E-state index in [-0.39, 0.29) is 78.1 Å². The van der Waals surface area contributed by atoms with Gasteiger partial charge in [0.2, 0.25) is 76.8 Å². The van der Waals surface area contributed by atoms with E-state index in [4.69, 9.17) is 40.3 Å². The fourth-order valence-corrected chi connectivity index (χ4v) is 14.4. The van der Waals surface area contributed by atoms with Gasteiger partial charge in [0, 0.05) is 99.2 Å². The fourth-order valence-electron chi connectivity index (χ4n) is 11.8. The van der Waals surface area contributed by atoms with Crippen LogP contribution in [-0.2, 0) is 86.4 Å². The number of aliphatic carboxylic acids is 1. The number of H-pyrrole nitrogens is 1. The number of carbonyl (C=O) groups is 14. The number of primary amides is 2. The van der Waals surface area contributed by atoms with Gasteiger partial charge in [-0.25, -0.2) is 8.78 Å². The number of rotatable bonds is 26. The van der Waals surface area contributed by atoms with Crippen molar-refractivity contribution in [1.82, 2.24) is 63.1 Å². The molecule has 2 heterocycles. The van der Waals surface area contributed by atoms with E-state index in [1.165, 1.54) is 73.5 Å². The van der Waals surface area contributed by atoms with Gasteiger partial charge in [0.05, 0.1) is 11.6 Å². The monoisotopic (exact) mass is 1570 g/mol. The summed E-state index contributed by atoms with van der Waals surface area (Å²) in [5.41, 5.74) is 29.0. The highest BCUT2D eigenvalue weighted by Gasteiger charge is 2.38. The first-order chi connectivity index (χ1) is 51.3. The molecule has 2 aliphatic rings. The van der Waals surface area contributed by atoms with E-state index < -0.39 is 224 Å². The number of aliphatic imine (C=N–C) groups is 1. The van der Waals surface area contributed by atoms with Crippen molar-refractivity contribution in [1.29, 1.82) is 0 Å². The number of aromatic amines is 1. The van der Waals surface area contributed by atoms with Gasteiger partial charge in [-0.2, -0.15) is 0 Å². The van der Waals surface area contributed by atoms with Gasteiger partial charge in [-0.1, -0.05) is 84.1 Å². The molecule has 0 spiro atoms. The van der Waals surface area contributed by atoms with Crippen molar-refractivity contribution in [3.05, 3.63) is 100 Å². The zero-order valence-corrected chi connectivity index (χ0v) is 61.8. The molecule has 1 saturated heterocycles. The van der Waals surface area contributed by atoms with Gasteiger partial charge in [-0.3, -0.25) is 72.1 Å². The number of aromatic hydroxyl groups is 1. The average Bonchev–Trinajstić information content (AvgIpc) is 1.64. The molecule has 4 aromatic rings. The Balaban J connectivity index is 1.43. The van der Waals surface area contributed by atoms with E-state index >= 15 is 9.18 Å². The lowest BCUT2D eigenvalue weighted by Crippen LogP contribution is -2.61. The summed E-state index contributed by atoms with van der Waals surface area (Å²) in [5, 5.41) is 45.2. The van der Waals surface area contributed by atoms with E-state index in [0.29, 0.717) is 23.9 Å². The number of hydrogen-bond donors (Lipinski definition) is 18. The van der Waals surface area contributed by atoms with E-state index in [2.05, 4.69) is 63.1 Å². The van der Waals surface area contributed by atoms with E-state index in [0.717, 1.165) is 46.6 Å². The highest BCUT2D eigenvalue weighted by atomic mass is 35.5.